The zero-order valence-corrected chi connectivity index (χ0v) is 13.3. The summed E-state index contributed by atoms with van der Waals surface area (Å²) in [5.41, 5.74) is -0.441. The second kappa shape index (κ2) is 6.45. The van der Waals surface area contributed by atoms with Gasteiger partial charge in [-0.3, -0.25) is 9.59 Å². The van der Waals surface area contributed by atoms with Gasteiger partial charge in [0, 0.05) is 5.56 Å². The van der Waals surface area contributed by atoms with Crippen LogP contribution in [-0.4, -0.2) is 36.6 Å². The number of carbonyl (C=O) groups is 3. The van der Waals surface area contributed by atoms with Crippen LogP contribution in [0.1, 0.15) is 31.1 Å². The molecule has 0 spiro atoms. The van der Waals surface area contributed by atoms with Crippen molar-refractivity contribution in [2.75, 3.05) is 8.86 Å². The lowest BCUT2D eigenvalue weighted by molar-refractivity contribution is 0.0693. The molecule has 0 amide bonds. The van der Waals surface area contributed by atoms with Crippen molar-refractivity contribution in [1.29, 1.82) is 0 Å². The van der Waals surface area contributed by atoms with Crippen molar-refractivity contribution < 1.29 is 24.6 Å². The van der Waals surface area contributed by atoms with Crippen LogP contribution >= 0.6 is 45.2 Å². The number of carboxylic acid groups (broad SMARTS) is 1. The first-order chi connectivity index (χ1) is 8.42. The lowest BCUT2D eigenvalue weighted by Crippen LogP contribution is -2.10. The highest BCUT2D eigenvalue weighted by molar-refractivity contribution is 14.1. The van der Waals surface area contributed by atoms with Gasteiger partial charge in [-0.05, 0) is 12.1 Å². The van der Waals surface area contributed by atoms with E-state index >= 15 is 0 Å². The Bertz CT molecular complexity index is 524. The molecule has 0 unspecified atom stereocenters. The quantitative estimate of drug-likeness (QED) is 0.389. The molecule has 0 aromatic heterocycles. The summed E-state index contributed by atoms with van der Waals surface area (Å²) in [7, 11) is 0. The summed E-state index contributed by atoms with van der Waals surface area (Å²) in [6.45, 7) is 0. The number of aromatic carboxylic acids is 1. The van der Waals surface area contributed by atoms with Crippen LogP contribution in [0, 0.1) is 0 Å². The number of hydrogen-bond acceptors (Lipinski definition) is 4. The fraction of sp³-hybridized carbons (Fsp3) is 0.182. The largest absolute Gasteiger partial charge is 0.506 e. The highest BCUT2D eigenvalue weighted by Gasteiger charge is 2.21. The second-order valence-corrected chi connectivity index (χ2v) is 4.86. The number of rotatable bonds is 5. The van der Waals surface area contributed by atoms with Crippen LogP contribution in [0.3, 0.4) is 0 Å². The number of halogens is 2. The number of aromatic hydroxyl groups is 1. The molecule has 5 nitrogen and oxygen atoms in total. The summed E-state index contributed by atoms with van der Waals surface area (Å²) in [6, 6.07) is 2.33. The van der Waals surface area contributed by atoms with E-state index in [-0.39, 0.29) is 25.8 Å². The molecule has 7 heteroatoms. The zero-order chi connectivity index (χ0) is 13.9. The Morgan fingerprint density at radius 1 is 1.00 bits per heavy atom. The topological polar surface area (TPSA) is 91.7 Å². The maximum absolute atomic E-state index is 11.6. The van der Waals surface area contributed by atoms with Crippen LogP contribution in [0.4, 0.5) is 0 Å². The van der Waals surface area contributed by atoms with Crippen LogP contribution in [0.5, 0.6) is 5.75 Å². The molecular formula is C11H8I2O5. The molecule has 0 atom stereocenters. The van der Waals surface area contributed by atoms with Gasteiger partial charge >= 0.3 is 5.97 Å². The first-order valence-electron chi connectivity index (χ1n) is 4.71. The molecular weight excluding hydrogens is 466 g/mol. The molecule has 1 aromatic rings. The van der Waals surface area contributed by atoms with Gasteiger partial charge in [-0.2, -0.15) is 0 Å². The predicted molar refractivity (Wildman–Crippen MR) is 81.5 cm³/mol. The molecule has 0 fully saturated rings. The van der Waals surface area contributed by atoms with E-state index in [1.54, 1.807) is 22.6 Å². The number of Topliss-reactive ketones (excluding diaryl/α,β-unsaturated/α-hetero) is 2. The average molecular weight is 474 g/mol. The van der Waals surface area contributed by atoms with E-state index in [0.29, 0.717) is 0 Å². The summed E-state index contributed by atoms with van der Waals surface area (Å²) >= 11 is 3.65. The smallest absolute Gasteiger partial charge is 0.339 e. The molecule has 0 aliphatic rings. The first kappa shape index (κ1) is 15.3. The van der Waals surface area contributed by atoms with Crippen molar-refractivity contribution in [3.8, 4) is 5.75 Å². The van der Waals surface area contributed by atoms with Crippen LogP contribution in [0.25, 0.3) is 0 Å². The summed E-state index contributed by atoms with van der Waals surface area (Å²) in [4.78, 5) is 34.1. The normalized spacial score (nSPS) is 10.1. The Kier molecular flexibility index (Phi) is 5.50. The number of carbonyl (C=O) groups excluding carboxylic acids is 2. The third-order valence-corrected chi connectivity index (χ3v) is 3.59. The Hall–Kier alpha value is -0.710. The molecule has 18 heavy (non-hydrogen) atoms. The summed E-state index contributed by atoms with van der Waals surface area (Å²) in [6.07, 6.45) is 0. The van der Waals surface area contributed by atoms with E-state index in [4.69, 9.17) is 5.11 Å². The Labute approximate surface area is 130 Å². The van der Waals surface area contributed by atoms with Gasteiger partial charge in [-0.1, -0.05) is 45.2 Å². The molecule has 1 aromatic carbocycles. The number of ketones is 2. The lowest BCUT2D eigenvalue weighted by Gasteiger charge is -2.08. The first-order valence-corrected chi connectivity index (χ1v) is 7.76. The van der Waals surface area contributed by atoms with Crippen LogP contribution in [-0.2, 0) is 0 Å². The molecule has 0 saturated carbocycles. The molecule has 0 saturated heterocycles. The molecule has 0 aliphatic carbocycles. The highest BCUT2D eigenvalue weighted by Crippen LogP contribution is 2.26. The van der Waals surface area contributed by atoms with Crippen LogP contribution < -0.4 is 0 Å². The van der Waals surface area contributed by atoms with Crippen molar-refractivity contribution >= 4 is 62.7 Å². The summed E-state index contributed by atoms with van der Waals surface area (Å²) in [5.74, 6) is -2.67. The summed E-state index contributed by atoms with van der Waals surface area (Å²) < 4.78 is 0.256. The minimum absolute atomic E-state index is 0.0895. The number of hydrogen-bond donors (Lipinski definition) is 2. The fourth-order valence-electron chi connectivity index (χ4n) is 1.32. The predicted octanol–water partition coefficient (Wildman–Crippen LogP) is 2.33. The van der Waals surface area contributed by atoms with E-state index in [2.05, 4.69) is 0 Å². The van der Waals surface area contributed by atoms with Gasteiger partial charge in [0.2, 0.25) is 0 Å². The molecule has 2 N–H and O–H groups in total. The van der Waals surface area contributed by atoms with E-state index < -0.39 is 23.1 Å². The minimum atomic E-state index is -1.38. The third-order valence-electron chi connectivity index (χ3n) is 2.21. The molecule has 0 radical (unpaired) electrons. The highest BCUT2D eigenvalue weighted by atomic mass is 127. The van der Waals surface area contributed by atoms with Crippen molar-refractivity contribution in [2.24, 2.45) is 0 Å². The molecule has 96 valence electrons. The van der Waals surface area contributed by atoms with Crippen molar-refractivity contribution in [2.45, 2.75) is 0 Å². The Balaban J connectivity index is 3.51. The molecule has 1 rings (SSSR count). The van der Waals surface area contributed by atoms with Gasteiger partial charge in [-0.15, -0.1) is 0 Å². The van der Waals surface area contributed by atoms with Crippen LogP contribution in [0.15, 0.2) is 12.1 Å². The van der Waals surface area contributed by atoms with Gasteiger partial charge in [0.1, 0.15) is 11.3 Å². The molecule has 0 aliphatic heterocycles. The number of benzene rings is 1. The van der Waals surface area contributed by atoms with E-state index in [9.17, 15) is 19.5 Å². The van der Waals surface area contributed by atoms with E-state index in [0.717, 1.165) is 6.07 Å². The zero-order valence-electron chi connectivity index (χ0n) is 8.94. The Morgan fingerprint density at radius 3 is 1.94 bits per heavy atom. The number of alkyl halides is 2. The van der Waals surface area contributed by atoms with Crippen molar-refractivity contribution in [3.63, 3.8) is 0 Å². The van der Waals surface area contributed by atoms with Gasteiger partial charge in [0.15, 0.2) is 11.6 Å². The standard InChI is InChI=1S/C11H8I2O5/c12-3-8(14)5-1-6(9(15)4-13)10(16)7(2-5)11(17)18/h1-2,16H,3-4H2,(H,17,18). The number of carboxylic acids is 1. The number of phenols is 1. The lowest BCUT2D eigenvalue weighted by atomic mass is 10.00. The van der Waals surface area contributed by atoms with Gasteiger partial charge < -0.3 is 10.2 Å². The van der Waals surface area contributed by atoms with Crippen molar-refractivity contribution in [1.82, 2.24) is 0 Å². The van der Waals surface area contributed by atoms with Gasteiger partial charge in [0.25, 0.3) is 0 Å². The SMILES string of the molecule is O=C(CI)c1cc(C(=O)O)c(O)c(C(=O)CI)c1. The maximum atomic E-state index is 11.6. The minimum Gasteiger partial charge on any atom is -0.506 e. The monoisotopic (exact) mass is 474 g/mol. The molecule has 0 heterocycles. The average Bonchev–Trinajstić information content (AvgIpc) is 2.36. The van der Waals surface area contributed by atoms with Gasteiger partial charge in [-0.25, -0.2) is 4.79 Å². The fourth-order valence-corrected chi connectivity index (χ4v) is 2.17. The summed E-state index contributed by atoms with van der Waals surface area (Å²) in [5, 5.41) is 18.7. The maximum Gasteiger partial charge on any atom is 0.339 e. The van der Waals surface area contributed by atoms with Crippen molar-refractivity contribution in [3.05, 3.63) is 28.8 Å². The molecule has 0 bridgehead atoms. The van der Waals surface area contributed by atoms with E-state index in [1.807, 2.05) is 22.6 Å². The van der Waals surface area contributed by atoms with Gasteiger partial charge in [0.05, 0.1) is 14.4 Å². The van der Waals surface area contributed by atoms with E-state index in [1.165, 1.54) is 6.07 Å². The van der Waals surface area contributed by atoms with Crippen LogP contribution in [0.2, 0.25) is 0 Å². The Morgan fingerprint density at radius 2 is 1.50 bits per heavy atom. The third kappa shape index (κ3) is 3.19. The second-order valence-electron chi connectivity index (χ2n) is 3.34.